The molecule has 0 aliphatic carbocycles. The minimum atomic E-state index is -0.248. The van der Waals surface area contributed by atoms with Crippen molar-refractivity contribution in [2.45, 2.75) is 12.8 Å². The van der Waals surface area contributed by atoms with E-state index in [2.05, 4.69) is 10.3 Å². The van der Waals surface area contributed by atoms with Gasteiger partial charge in [0.15, 0.2) is 0 Å². The van der Waals surface area contributed by atoms with Crippen LogP contribution in [0.1, 0.15) is 23.2 Å². The van der Waals surface area contributed by atoms with E-state index >= 15 is 0 Å². The van der Waals surface area contributed by atoms with Crippen molar-refractivity contribution in [1.82, 2.24) is 9.88 Å². The molecule has 130 valence electrons. The molecule has 1 aromatic carbocycles. The third kappa shape index (κ3) is 4.28. The summed E-state index contributed by atoms with van der Waals surface area (Å²) in [5.41, 5.74) is 6.71. The topological polar surface area (TPSA) is 88.3 Å². The van der Waals surface area contributed by atoms with Gasteiger partial charge in [0.25, 0.3) is 5.91 Å². The van der Waals surface area contributed by atoms with Crippen molar-refractivity contribution in [3.8, 4) is 0 Å². The van der Waals surface area contributed by atoms with Gasteiger partial charge in [-0.3, -0.25) is 9.59 Å². The van der Waals surface area contributed by atoms with E-state index in [0.29, 0.717) is 35.2 Å². The van der Waals surface area contributed by atoms with Gasteiger partial charge in [0.2, 0.25) is 5.91 Å². The van der Waals surface area contributed by atoms with E-state index in [4.69, 9.17) is 17.3 Å². The molecule has 3 N–H and O–H groups in total. The molecule has 6 nitrogen and oxygen atoms in total. The summed E-state index contributed by atoms with van der Waals surface area (Å²) in [4.78, 5) is 30.8. The van der Waals surface area contributed by atoms with Crippen LogP contribution in [0.15, 0.2) is 42.6 Å². The molecule has 1 atom stereocenters. The van der Waals surface area contributed by atoms with Gasteiger partial charge in [0.05, 0.1) is 17.8 Å². The Kier molecular flexibility index (Phi) is 5.19. The number of hydrogen-bond acceptors (Lipinski definition) is 4. The molecule has 1 fully saturated rings. The first-order valence-electron chi connectivity index (χ1n) is 8.10. The number of anilines is 2. The van der Waals surface area contributed by atoms with Crippen LogP contribution in [0.25, 0.3) is 0 Å². The number of hydrogen-bond donors (Lipinski definition) is 2. The van der Waals surface area contributed by atoms with Gasteiger partial charge in [-0.1, -0.05) is 11.6 Å². The number of nitrogens with one attached hydrogen (secondary N) is 1. The van der Waals surface area contributed by atoms with Crippen molar-refractivity contribution in [3.05, 3.63) is 53.2 Å². The van der Waals surface area contributed by atoms with E-state index in [1.807, 2.05) is 0 Å². The number of nitrogens with two attached hydrogens (primary N) is 1. The number of rotatable bonds is 3. The summed E-state index contributed by atoms with van der Waals surface area (Å²) in [5, 5.41) is 3.42. The van der Waals surface area contributed by atoms with Crippen molar-refractivity contribution in [3.63, 3.8) is 0 Å². The Labute approximate surface area is 151 Å². The van der Waals surface area contributed by atoms with Crippen molar-refractivity contribution in [2.75, 3.05) is 24.1 Å². The summed E-state index contributed by atoms with van der Waals surface area (Å²) in [7, 11) is 0. The fraction of sp³-hybridized carbons (Fsp3) is 0.278. The second kappa shape index (κ2) is 7.53. The van der Waals surface area contributed by atoms with Crippen LogP contribution < -0.4 is 11.1 Å². The van der Waals surface area contributed by atoms with E-state index in [1.54, 1.807) is 41.3 Å². The second-order valence-corrected chi connectivity index (χ2v) is 6.49. The predicted molar refractivity (Wildman–Crippen MR) is 97.4 cm³/mol. The Bertz CT molecular complexity index is 762. The van der Waals surface area contributed by atoms with Gasteiger partial charge in [-0.05, 0) is 49.2 Å². The Morgan fingerprint density at radius 2 is 1.96 bits per heavy atom. The summed E-state index contributed by atoms with van der Waals surface area (Å²) >= 11 is 5.86. The molecule has 1 aliphatic heterocycles. The summed E-state index contributed by atoms with van der Waals surface area (Å²) in [5.74, 6) is -0.0403. The zero-order valence-electron chi connectivity index (χ0n) is 13.6. The van der Waals surface area contributed by atoms with Crippen LogP contribution in [-0.4, -0.2) is 34.8 Å². The van der Waals surface area contributed by atoms with Gasteiger partial charge < -0.3 is 16.0 Å². The minimum absolute atomic E-state index is 0.0803. The Balaban J connectivity index is 1.63. The van der Waals surface area contributed by atoms with Crippen LogP contribution in [0.3, 0.4) is 0 Å². The van der Waals surface area contributed by atoms with Crippen molar-refractivity contribution >= 4 is 34.9 Å². The number of benzene rings is 1. The molecule has 2 amide bonds. The maximum absolute atomic E-state index is 12.6. The number of pyridine rings is 1. The molecule has 1 aliphatic rings. The molecule has 1 aromatic heterocycles. The van der Waals surface area contributed by atoms with Gasteiger partial charge in [0, 0.05) is 23.7 Å². The first-order valence-corrected chi connectivity index (χ1v) is 8.48. The monoisotopic (exact) mass is 358 g/mol. The summed E-state index contributed by atoms with van der Waals surface area (Å²) in [6.45, 7) is 1.05. The number of nitrogens with zero attached hydrogens (tertiary/aromatic N) is 2. The highest BCUT2D eigenvalue weighted by Crippen LogP contribution is 2.21. The molecular formula is C18H19ClN4O2. The number of amides is 2. The van der Waals surface area contributed by atoms with Gasteiger partial charge in [-0.2, -0.15) is 0 Å². The quantitative estimate of drug-likeness (QED) is 0.883. The van der Waals surface area contributed by atoms with E-state index in [9.17, 15) is 9.59 Å². The normalized spacial score (nSPS) is 17.2. The van der Waals surface area contributed by atoms with E-state index in [-0.39, 0.29) is 17.7 Å². The molecule has 1 saturated heterocycles. The number of carbonyl (C=O) groups is 2. The van der Waals surface area contributed by atoms with Crippen LogP contribution in [0, 0.1) is 5.92 Å². The smallest absolute Gasteiger partial charge is 0.253 e. The molecular weight excluding hydrogens is 340 g/mol. The van der Waals surface area contributed by atoms with Crippen molar-refractivity contribution < 1.29 is 9.59 Å². The summed E-state index contributed by atoms with van der Waals surface area (Å²) < 4.78 is 0. The number of carbonyl (C=O) groups excluding carboxylic acids is 2. The molecule has 1 unspecified atom stereocenters. The van der Waals surface area contributed by atoms with Gasteiger partial charge in [0.1, 0.15) is 5.82 Å². The highest BCUT2D eigenvalue weighted by Gasteiger charge is 2.29. The molecule has 2 heterocycles. The van der Waals surface area contributed by atoms with Crippen LogP contribution in [0.2, 0.25) is 5.02 Å². The van der Waals surface area contributed by atoms with Crippen molar-refractivity contribution in [1.29, 1.82) is 0 Å². The van der Waals surface area contributed by atoms with Gasteiger partial charge in [-0.25, -0.2) is 4.98 Å². The van der Waals surface area contributed by atoms with E-state index in [0.717, 1.165) is 12.8 Å². The lowest BCUT2D eigenvalue weighted by Crippen LogP contribution is -2.43. The molecule has 7 heteroatoms. The zero-order valence-corrected chi connectivity index (χ0v) is 14.4. The van der Waals surface area contributed by atoms with E-state index in [1.165, 1.54) is 6.20 Å². The fourth-order valence-electron chi connectivity index (χ4n) is 2.87. The molecule has 0 saturated carbocycles. The van der Waals surface area contributed by atoms with Crippen LogP contribution in [0.5, 0.6) is 0 Å². The number of nitrogen functional groups attached to an aromatic ring is 1. The summed E-state index contributed by atoms with van der Waals surface area (Å²) in [6, 6.07) is 10.1. The van der Waals surface area contributed by atoms with Crippen LogP contribution in [-0.2, 0) is 4.79 Å². The number of piperidine rings is 1. The van der Waals surface area contributed by atoms with Crippen molar-refractivity contribution in [2.24, 2.45) is 5.92 Å². The zero-order chi connectivity index (χ0) is 17.8. The number of aromatic nitrogens is 1. The first kappa shape index (κ1) is 17.2. The maximum Gasteiger partial charge on any atom is 0.253 e. The molecule has 25 heavy (non-hydrogen) atoms. The molecule has 0 radical (unpaired) electrons. The lowest BCUT2D eigenvalue weighted by atomic mass is 9.96. The fourth-order valence-corrected chi connectivity index (χ4v) is 3.00. The number of likely N-dealkylation sites (tertiary alicyclic amines) is 1. The van der Waals surface area contributed by atoms with Crippen LogP contribution >= 0.6 is 11.6 Å². The largest absolute Gasteiger partial charge is 0.384 e. The lowest BCUT2D eigenvalue weighted by molar-refractivity contribution is -0.121. The minimum Gasteiger partial charge on any atom is -0.384 e. The predicted octanol–water partition coefficient (Wildman–Crippen LogP) is 2.81. The SMILES string of the molecule is Nc1ccc(NC(=O)C2CCCN(C(=O)c3ccc(Cl)cc3)C2)cn1. The third-order valence-corrected chi connectivity index (χ3v) is 4.48. The highest BCUT2D eigenvalue weighted by atomic mass is 35.5. The molecule has 2 aromatic rings. The van der Waals surface area contributed by atoms with E-state index < -0.39 is 0 Å². The first-order chi connectivity index (χ1) is 12.0. The van der Waals surface area contributed by atoms with Crippen LogP contribution in [0.4, 0.5) is 11.5 Å². The molecule has 3 rings (SSSR count). The third-order valence-electron chi connectivity index (χ3n) is 4.22. The highest BCUT2D eigenvalue weighted by molar-refractivity contribution is 6.30. The van der Waals surface area contributed by atoms with Gasteiger partial charge in [-0.15, -0.1) is 0 Å². The Morgan fingerprint density at radius 3 is 2.64 bits per heavy atom. The maximum atomic E-state index is 12.6. The average molecular weight is 359 g/mol. The molecule has 0 bridgehead atoms. The standard InChI is InChI=1S/C18H19ClN4O2/c19-14-5-3-12(4-6-14)18(25)23-9-1-2-13(11-23)17(24)22-15-7-8-16(20)21-10-15/h3-8,10,13H,1-2,9,11H2,(H2,20,21)(H,22,24). The number of halogens is 1. The average Bonchev–Trinajstić information content (AvgIpc) is 2.64. The summed E-state index contributed by atoms with van der Waals surface area (Å²) in [6.07, 6.45) is 3.06. The van der Waals surface area contributed by atoms with Gasteiger partial charge >= 0.3 is 0 Å². The molecule has 0 spiro atoms. The Hall–Kier alpha value is -2.60. The Morgan fingerprint density at radius 1 is 1.20 bits per heavy atom. The second-order valence-electron chi connectivity index (χ2n) is 6.06. The lowest BCUT2D eigenvalue weighted by Gasteiger charge is -2.32.